The Morgan fingerprint density at radius 3 is 2.60 bits per heavy atom. The first kappa shape index (κ1) is 13.0. The zero-order valence-corrected chi connectivity index (χ0v) is 10.5. The van der Waals surface area contributed by atoms with Crippen LogP contribution >= 0.6 is 0 Å². The Bertz CT molecular complexity index is 168. The first-order valence-electron chi connectivity index (χ1n) is 6.48. The van der Waals surface area contributed by atoms with Gasteiger partial charge >= 0.3 is 0 Å². The fourth-order valence-electron chi connectivity index (χ4n) is 2.68. The summed E-state index contributed by atoms with van der Waals surface area (Å²) in [5.74, 6) is 1.52. The number of rotatable bonds is 5. The minimum Gasteiger partial charge on any atom is -0.395 e. The second kappa shape index (κ2) is 6.49. The van der Waals surface area contributed by atoms with Gasteiger partial charge in [-0.1, -0.05) is 33.6 Å². The number of hydrogen-bond acceptors (Lipinski definition) is 2. The molecule has 0 heterocycles. The van der Waals surface area contributed by atoms with E-state index in [0.717, 1.165) is 12.3 Å². The quantitative estimate of drug-likeness (QED) is 0.735. The Balaban J connectivity index is 2.30. The molecule has 0 radical (unpaired) electrons. The molecule has 0 aromatic carbocycles. The van der Waals surface area contributed by atoms with E-state index in [1.807, 2.05) is 0 Å². The highest BCUT2D eigenvalue weighted by Crippen LogP contribution is 2.24. The number of hydrogen-bond donors (Lipinski definition) is 2. The van der Waals surface area contributed by atoms with Crippen LogP contribution in [0.15, 0.2) is 0 Å². The van der Waals surface area contributed by atoms with Gasteiger partial charge in [0, 0.05) is 12.1 Å². The van der Waals surface area contributed by atoms with Gasteiger partial charge in [-0.05, 0) is 31.1 Å². The molecule has 0 spiro atoms. The van der Waals surface area contributed by atoms with Crippen LogP contribution in [-0.2, 0) is 0 Å². The molecule has 0 bridgehead atoms. The van der Waals surface area contributed by atoms with E-state index in [4.69, 9.17) is 0 Å². The molecule has 15 heavy (non-hydrogen) atoms. The third-order valence-corrected chi connectivity index (χ3v) is 3.38. The molecule has 1 aliphatic rings. The van der Waals surface area contributed by atoms with Gasteiger partial charge in [-0.25, -0.2) is 0 Å². The van der Waals surface area contributed by atoms with E-state index < -0.39 is 0 Å². The van der Waals surface area contributed by atoms with Crippen LogP contribution in [0.4, 0.5) is 0 Å². The summed E-state index contributed by atoms with van der Waals surface area (Å²) in [5.41, 5.74) is 0. The highest BCUT2D eigenvalue weighted by molar-refractivity contribution is 4.80. The molecule has 1 rings (SSSR count). The third-order valence-electron chi connectivity index (χ3n) is 3.38. The van der Waals surface area contributed by atoms with Crippen LogP contribution in [0.5, 0.6) is 0 Å². The summed E-state index contributed by atoms with van der Waals surface area (Å²) in [7, 11) is 0. The minimum atomic E-state index is 0.281. The molecule has 2 nitrogen and oxygen atoms in total. The lowest BCUT2D eigenvalue weighted by molar-refractivity contribution is 0.191. The summed E-state index contributed by atoms with van der Waals surface area (Å²) in [6.45, 7) is 7.05. The molecule has 0 unspecified atom stereocenters. The van der Waals surface area contributed by atoms with Crippen LogP contribution in [-0.4, -0.2) is 23.8 Å². The molecule has 2 N–H and O–H groups in total. The molecule has 1 saturated carbocycles. The Morgan fingerprint density at radius 1 is 1.33 bits per heavy atom. The summed E-state index contributed by atoms with van der Waals surface area (Å²) in [4.78, 5) is 0. The third kappa shape index (κ3) is 4.98. The largest absolute Gasteiger partial charge is 0.395 e. The Morgan fingerprint density at radius 2 is 2.07 bits per heavy atom. The van der Waals surface area contributed by atoms with E-state index >= 15 is 0 Å². The molecule has 0 saturated heterocycles. The van der Waals surface area contributed by atoms with E-state index in [0.29, 0.717) is 18.0 Å². The van der Waals surface area contributed by atoms with Crippen LogP contribution in [0.1, 0.15) is 52.9 Å². The maximum atomic E-state index is 9.31. The summed E-state index contributed by atoms with van der Waals surface area (Å²) < 4.78 is 0. The van der Waals surface area contributed by atoms with E-state index in [2.05, 4.69) is 26.1 Å². The standard InChI is InChI=1S/C13H27NO/c1-10(2)7-13(9-15)14-12-6-4-5-11(3)8-12/h10-15H,4-9H2,1-3H3/t11-,12-,13+/m0/s1. The van der Waals surface area contributed by atoms with Crippen LogP contribution in [0.3, 0.4) is 0 Å². The van der Waals surface area contributed by atoms with Gasteiger partial charge in [-0.3, -0.25) is 0 Å². The van der Waals surface area contributed by atoms with Gasteiger partial charge < -0.3 is 10.4 Å². The monoisotopic (exact) mass is 213 g/mol. The van der Waals surface area contributed by atoms with Crippen molar-refractivity contribution in [3.8, 4) is 0 Å². The van der Waals surface area contributed by atoms with Gasteiger partial charge in [0.25, 0.3) is 0 Å². The first-order valence-corrected chi connectivity index (χ1v) is 6.48. The minimum absolute atomic E-state index is 0.281. The second-order valence-corrected chi connectivity index (χ2v) is 5.64. The highest BCUT2D eigenvalue weighted by atomic mass is 16.3. The summed E-state index contributed by atoms with van der Waals surface area (Å²) in [6, 6.07) is 0.949. The van der Waals surface area contributed by atoms with Gasteiger partial charge in [0.15, 0.2) is 0 Å². The Labute approximate surface area is 94.5 Å². The molecule has 0 aromatic rings. The van der Waals surface area contributed by atoms with Crippen molar-refractivity contribution >= 4 is 0 Å². The zero-order chi connectivity index (χ0) is 11.3. The van der Waals surface area contributed by atoms with Crippen molar-refractivity contribution in [2.75, 3.05) is 6.61 Å². The van der Waals surface area contributed by atoms with E-state index in [9.17, 15) is 5.11 Å². The Kier molecular flexibility index (Phi) is 5.62. The van der Waals surface area contributed by atoms with Gasteiger partial charge in [0.2, 0.25) is 0 Å². The van der Waals surface area contributed by atoms with Crippen LogP contribution in [0.2, 0.25) is 0 Å². The lowest BCUT2D eigenvalue weighted by atomic mass is 9.86. The van der Waals surface area contributed by atoms with E-state index in [-0.39, 0.29) is 6.61 Å². The van der Waals surface area contributed by atoms with E-state index in [1.165, 1.54) is 25.7 Å². The molecule has 0 amide bonds. The maximum Gasteiger partial charge on any atom is 0.0584 e. The fourth-order valence-corrected chi connectivity index (χ4v) is 2.68. The summed E-state index contributed by atoms with van der Waals surface area (Å²) >= 11 is 0. The lowest BCUT2D eigenvalue weighted by Gasteiger charge is -2.31. The van der Waals surface area contributed by atoms with Crippen LogP contribution in [0, 0.1) is 11.8 Å². The molecular formula is C13H27NO. The average Bonchev–Trinajstić information content (AvgIpc) is 2.16. The number of aliphatic hydroxyl groups excluding tert-OH is 1. The first-order chi connectivity index (χ1) is 7.11. The molecule has 90 valence electrons. The molecule has 0 aliphatic heterocycles. The summed E-state index contributed by atoms with van der Waals surface area (Å²) in [5, 5.41) is 12.9. The fraction of sp³-hybridized carbons (Fsp3) is 1.00. The molecule has 0 aromatic heterocycles. The van der Waals surface area contributed by atoms with Gasteiger partial charge in [-0.2, -0.15) is 0 Å². The predicted molar refractivity (Wildman–Crippen MR) is 64.9 cm³/mol. The van der Waals surface area contributed by atoms with Crippen molar-refractivity contribution < 1.29 is 5.11 Å². The van der Waals surface area contributed by atoms with E-state index in [1.54, 1.807) is 0 Å². The van der Waals surface area contributed by atoms with Crippen molar-refractivity contribution in [2.45, 2.75) is 65.0 Å². The molecule has 3 atom stereocenters. The topological polar surface area (TPSA) is 32.3 Å². The van der Waals surface area contributed by atoms with Crippen molar-refractivity contribution in [2.24, 2.45) is 11.8 Å². The average molecular weight is 213 g/mol. The van der Waals surface area contributed by atoms with Crippen LogP contribution < -0.4 is 5.32 Å². The van der Waals surface area contributed by atoms with Crippen molar-refractivity contribution in [1.82, 2.24) is 5.32 Å². The SMILES string of the molecule is CC(C)C[C@H](CO)N[C@H]1CCC[C@H](C)C1. The van der Waals surface area contributed by atoms with Gasteiger partial charge in [0.05, 0.1) is 6.61 Å². The predicted octanol–water partition coefficient (Wildman–Crippen LogP) is 2.56. The van der Waals surface area contributed by atoms with Gasteiger partial charge in [0.1, 0.15) is 0 Å². The highest BCUT2D eigenvalue weighted by Gasteiger charge is 2.21. The molecule has 1 fully saturated rings. The normalized spacial score (nSPS) is 29.4. The zero-order valence-electron chi connectivity index (χ0n) is 10.5. The summed E-state index contributed by atoms with van der Waals surface area (Å²) in [6.07, 6.45) is 6.39. The molecule has 1 aliphatic carbocycles. The van der Waals surface area contributed by atoms with Crippen LogP contribution in [0.25, 0.3) is 0 Å². The lowest BCUT2D eigenvalue weighted by Crippen LogP contribution is -2.43. The number of aliphatic hydroxyl groups is 1. The number of nitrogens with one attached hydrogen (secondary N) is 1. The van der Waals surface area contributed by atoms with Crippen molar-refractivity contribution in [3.05, 3.63) is 0 Å². The van der Waals surface area contributed by atoms with Gasteiger partial charge in [-0.15, -0.1) is 0 Å². The molecule has 2 heteroatoms. The molecular weight excluding hydrogens is 186 g/mol. The van der Waals surface area contributed by atoms with Crippen molar-refractivity contribution in [1.29, 1.82) is 0 Å². The van der Waals surface area contributed by atoms with Crippen molar-refractivity contribution in [3.63, 3.8) is 0 Å². The smallest absolute Gasteiger partial charge is 0.0584 e. The maximum absolute atomic E-state index is 9.31. The Hall–Kier alpha value is -0.0800. The second-order valence-electron chi connectivity index (χ2n) is 5.64.